The van der Waals surface area contributed by atoms with E-state index >= 15 is 0 Å². The molecule has 2 N–H and O–H groups in total. The van der Waals surface area contributed by atoms with Crippen LogP contribution in [0.1, 0.15) is 13.8 Å². The summed E-state index contributed by atoms with van der Waals surface area (Å²) in [6.07, 6.45) is -1.55. The summed E-state index contributed by atoms with van der Waals surface area (Å²) in [6.45, 7) is 1.97. The molecule has 66 valence electrons. The minimum atomic E-state index is -4.63. The Morgan fingerprint density at radius 1 is 1.55 bits per heavy atom. The first kappa shape index (κ1) is 10.3. The van der Waals surface area contributed by atoms with E-state index < -0.39 is 22.4 Å². The zero-order valence-corrected chi connectivity index (χ0v) is 6.87. The number of carbonyl (C=O) groups is 1. The highest BCUT2D eigenvalue weighted by Crippen LogP contribution is 2.02. The minimum absolute atomic E-state index is 0.0347. The van der Waals surface area contributed by atoms with E-state index in [4.69, 9.17) is 9.66 Å². The predicted molar refractivity (Wildman–Crippen MR) is 35.7 cm³/mol. The normalized spacial score (nSPS) is 14.2. The fraction of sp³-hybridized carbons (Fsp3) is 0.750. The molecule has 0 aliphatic rings. The molecule has 0 bridgehead atoms. The van der Waals surface area contributed by atoms with Gasteiger partial charge in [-0.15, -0.1) is 0 Å². The third-order valence-corrected chi connectivity index (χ3v) is 1.96. The fourth-order valence-electron chi connectivity index (χ4n) is 0.618. The summed E-state index contributed by atoms with van der Waals surface area (Å²) in [6, 6.07) is 0. The highest BCUT2D eigenvalue weighted by atomic mass is 32.2. The predicted octanol–water partition coefficient (Wildman–Crippen LogP) is -1.02. The van der Waals surface area contributed by atoms with E-state index in [1.807, 2.05) is 0 Å². The molecule has 0 radical (unpaired) electrons. The zero-order chi connectivity index (χ0) is 9.23. The zero-order valence-electron chi connectivity index (χ0n) is 6.05. The van der Waals surface area contributed by atoms with Gasteiger partial charge in [0.25, 0.3) is 0 Å². The van der Waals surface area contributed by atoms with Crippen LogP contribution in [0.2, 0.25) is 0 Å². The molecule has 0 heterocycles. The summed E-state index contributed by atoms with van der Waals surface area (Å²) in [4.78, 5) is 10.5. The standard InChI is InChI=1S/C4H9NO5S/c1-3(6)5(4(2)7)11(8,9)10/h3,6H,1-2H3,(H,8,9,10). The van der Waals surface area contributed by atoms with Crippen molar-refractivity contribution < 1.29 is 22.9 Å². The first-order chi connectivity index (χ1) is 4.76. The number of hydrogen-bond donors (Lipinski definition) is 2. The molecule has 0 spiro atoms. The number of aliphatic hydroxyl groups excluding tert-OH is 1. The van der Waals surface area contributed by atoms with E-state index in [-0.39, 0.29) is 4.31 Å². The van der Waals surface area contributed by atoms with Crippen LogP contribution >= 0.6 is 0 Å². The van der Waals surface area contributed by atoms with Crippen LogP contribution in [0.15, 0.2) is 0 Å². The average molecular weight is 183 g/mol. The van der Waals surface area contributed by atoms with Gasteiger partial charge in [-0.2, -0.15) is 12.7 Å². The van der Waals surface area contributed by atoms with E-state index in [0.29, 0.717) is 0 Å². The molecule has 0 fully saturated rings. The lowest BCUT2D eigenvalue weighted by Crippen LogP contribution is -2.41. The summed E-state index contributed by atoms with van der Waals surface area (Å²) in [7, 11) is -4.63. The molecule has 6 nitrogen and oxygen atoms in total. The minimum Gasteiger partial charge on any atom is -0.373 e. The molecule has 0 aliphatic heterocycles. The van der Waals surface area contributed by atoms with Crippen molar-refractivity contribution in [3.8, 4) is 0 Å². The fourth-order valence-corrected chi connectivity index (χ4v) is 1.33. The van der Waals surface area contributed by atoms with Gasteiger partial charge in [-0.1, -0.05) is 0 Å². The maximum Gasteiger partial charge on any atom is 0.364 e. The van der Waals surface area contributed by atoms with Crippen molar-refractivity contribution in [3.63, 3.8) is 0 Å². The number of hydrogen-bond acceptors (Lipinski definition) is 4. The van der Waals surface area contributed by atoms with Crippen molar-refractivity contribution in [2.75, 3.05) is 0 Å². The number of aliphatic hydroxyl groups is 1. The van der Waals surface area contributed by atoms with Gasteiger partial charge in [-0.05, 0) is 6.92 Å². The van der Waals surface area contributed by atoms with Crippen LogP contribution in [0.5, 0.6) is 0 Å². The Balaban J connectivity index is 4.79. The molecule has 0 aromatic heterocycles. The molecule has 11 heavy (non-hydrogen) atoms. The van der Waals surface area contributed by atoms with Crippen molar-refractivity contribution in [1.29, 1.82) is 0 Å². The van der Waals surface area contributed by atoms with Crippen molar-refractivity contribution in [2.24, 2.45) is 0 Å². The molecular formula is C4H9NO5S. The van der Waals surface area contributed by atoms with Crippen LogP contribution in [0, 0.1) is 0 Å². The van der Waals surface area contributed by atoms with Crippen LogP contribution in [0.4, 0.5) is 0 Å². The topological polar surface area (TPSA) is 94.9 Å². The summed E-state index contributed by atoms with van der Waals surface area (Å²) in [5.41, 5.74) is 0. The van der Waals surface area contributed by atoms with Crippen LogP contribution < -0.4 is 0 Å². The van der Waals surface area contributed by atoms with Crippen LogP contribution in [0.3, 0.4) is 0 Å². The van der Waals surface area contributed by atoms with Crippen molar-refractivity contribution >= 4 is 16.2 Å². The SMILES string of the molecule is CC(=O)N(C(C)O)S(=O)(=O)O. The van der Waals surface area contributed by atoms with Crippen LogP contribution in [-0.4, -0.2) is 34.5 Å². The Morgan fingerprint density at radius 3 is 1.91 bits per heavy atom. The van der Waals surface area contributed by atoms with Crippen LogP contribution in [0.25, 0.3) is 0 Å². The lowest BCUT2D eigenvalue weighted by Gasteiger charge is -2.19. The highest BCUT2D eigenvalue weighted by molar-refractivity contribution is 7.84. The molecule has 0 saturated carbocycles. The molecule has 1 unspecified atom stereocenters. The third-order valence-electron chi connectivity index (χ3n) is 0.898. The van der Waals surface area contributed by atoms with E-state index in [1.165, 1.54) is 0 Å². The Morgan fingerprint density at radius 2 is 1.91 bits per heavy atom. The van der Waals surface area contributed by atoms with Gasteiger partial charge in [0.05, 0.1) is 0 Å². The van der Waals surface area contributed by atoms with Gasteiger partial charge < -0.3 is 5.11 Å². The van der Waals surface area contributed by atoms with E-state index in [0.717, 1.165) is 13.8 Å². The number of amides is 1. The van der Waals surface area contributed by atoms with Gasteiger partial charge in [0.15, 0.2) is 0 Å². The lowest BCUT2D eigenvalue weighted by molar-refractivity contribution is -0.130. The van der Waals surface area contributed by atoms with E-state index in [2.05, 4.69) is 0 Å². The Hall–Kier alpha value is -0.660. The Kier molecular flexibility index (Phi) is 2.97. The first-order valence-corrected chi connectivity index (χ1v) is 4.12. The van der Waals surface area contributed by atoms with Gasteiger partial charge in [-0.3, -0.25) is 9.35 Å². The maximum absolute atomic E-state index is 10.5. The summed E-state index contributed by atoms with van der Waals surface area (Å²) >= 11 is 0. The second-order valence-corrected chi connectivity index (χ2v) is 3.21. The highest BCUT2D eigenvalue weighted by Gasteiger charge is 2.25. The van der Waals surface area contributed by atoms with E-state index in [9.17, 15) is 13.2 Å². The lowest BCUT2D eigenvalue weighted by atomic mass is 10.6. The molecule has 0 aromatic rings. The molecular weight excluding hydrogens is 174 g/mol. The van der Waals surface area contributed by atoms with Gasteiger partial charge in [0.1, 0.15) is 6.23 Å². The van der Waals surface area contributed by atoms with Gasteiger partial charge >= 0.3 is 10.3 Å². The van der Waals surface area contributed by atoms with Gasteiger partial charge in [0.2, 0.25) is 5.91 Å². The van der Waals surface area contributed by atoms with Gasteiger partial charge in [0, 0.05) is 6.92 Å². The monoisotopic (exact) mass is 183 g/mol. The maximum atomic E-state index is 10.5. The van der Waals surface area contributed by atoms with Crippen molar-refractivity contribution in [3.05, 3.63) is 0 Å². The molecule has 0 aliphatic carbocycles. The third kappa shape index (κ3) is 2.83. The largest absolute Gasteiger partial charge is 0.373 e. The second kappa shape index (κ2) is 3.16. The quantitative estimate of drug-likeness (QED) is 0.422. The first-order valence-electron chi connectivity index (χ1n) is 2.72. The van der Waals surface area contributed by atoms with Crippen molar-refractivity contribution in [2.45, 2.75) is 20.1 Å². The number of rotatable bonds is 2. The molecule has 1 atom stereocenters. The average Bonchev–Trinajstić information content (AvgIpc) is 1.54. The molecule has 1 amide bonds. The Labute approximate surface area is 64.3 Å². The van der Waals surface area contributed by atoms with Crippen LogP contribution in [-0.2, 0) is 15.1 Å². The Bertz CT molecular complexity index is 243. The smallest absolute Gasteiger partial charge is 0.364 e. The molecule has 0 aromatic carbocycles. The van der Waals surface area contributed by atoms with Gasteiger partial charge in [-0.25, -0.2) is 0 Å². The second-order valence-electron chi connectivity index (χ2n) is 1.92. The molecule has 7 heteroatoms. The molecule has 0 saturated heterocycles. The summed E-state index contributed by atoms with van der Waals surface area (Å²) in [5.74, 6) is -0.942. The summed E-state index contributed by atoms with van der Waals surface area (Å²) < 4.78 is 28.9. The summed E-state index contributed by atoms with van der Waals surface area (Å²) in [5, 5.41) is 8.68. The molecule has 0 rings (SSSR count). The number of carbonyl (C=O) groups excluding carboxylic acids is 1. The van der Waals surface area contributed by atoms with Crippen molar-refractivity contribution in [1.82, 2.24) is 4.31 Å². The van der Waals surface area contributed by atoms with E-state index in [1.54, 1.807) is 0 Å². The number of nitrogens with zero attached hydrogens (tertiary/aromatic N) is 1.